The number of hydrogen-bond acceptors (Lipinski definition) is 5. The lowest BCUT2D eigenvalue weighted by Crippen LogP contribution is -2.11. The van der Waals surface area contributed by atoms with Gasteiger partial charge in [0.05, 0.1) is 14.2 Å². The minimum absolute atomic E-state index is 0.0412. The van der Waals surface area contributed by atoms with Crippen LogP contribution in [0.2, 0.25) is 0 Å². The van der Waals surface area contributed by atoms with Crippen LogP contribution in [0.4, 0.5) is 0 Å². The lowest BCUT2D eigenvalue weighted by atomic mass is 10.2. The third kappa shape index (κ3) is 3.17. The number of benzene rings is 1. The van der Waals surface area contributed by atoms with E-state index >= 15 is 0 Å². The van der Waals surface area contributed by atoms with Gasteiger partial charge < -0.3 is 19.9 Å². The lowest BCUT2D eigenvalue weighted by Gasteiger charge is -2.09. The molecular formula is C14H15N3O3. The Kier molecular flexibility index (Phi) is 4.05. The van der Waals surface area contributed by atoms with Crippen molar-refractivity contribution in [3.63, 3.8) is 0 Å². The molecule has 0 saturated heterocycles. The van der Waals surface area contributed by atoms with Crippen molar-refractivity contribution in [2.75, 3.05) is 14.2 Å². The van der Waals surface area contributed by atoms with Crippen molar-refractivity contribution >= 4 is 5.84 Å². The van der Waals surface area contributed by atoms with Crippen LogP contribution in [0.25, 0.3) is 0 Å². The maximum absolute atomic E-state index is 7.39. The molecule has 2 aromatic rings. The van der Waals surface area contributed by atoms with E-state index in [1.807, 2.05) is 0 Å². The number of pyridine rings is 1. The number of amidine groups is 1. The van der Waals surface area contributed by atoms with Gasteiger partial charge in [-0.05, 0) is 6.07 Å². The van der Waals surface area contributed by atoms with Crippen molar-refractivity contribution in [3.05, 3.63) is 42.1 Å². The van der Waals surface area contributed by atoms with Crippen molar-refractivity contribution in [1.82, 2.24) is 4.98 Å². The van der Waals surface area contributed by atoms with E-state index in [4.69, 9.17) is 25.4 Å². The molecule has 0 spiro atoms. The SMILES string of the molecule is COc1cc(OC)cc(Oc2cc(C(=N)N)ccn2)c1. The van der Waals surface area contributed by atoms with Crippen LogP contribution in [0.3, 0.4) is 0 Å². The smallest absolute Gasteiger partial charge is 0.219 e. The van der Waals surface area contributed by atoms with E-state index in [2.05, 4.69) is 4.98 Å². The maximum Gasteiger partial charge on any atom is 0.219 e. The van der Waals surface area contributed by atoms with E-state index in [0.717, 1.165) is 0 Å². The summed E-state index contributed by atoms with van der Waals surface area (Å²) in [5.41, 5.74) is 5.97. The lowest BCUT2D eigenvalue weighted by molar-refractivity contribution is 0.385. The normalized spacial score (nSPS) is 9.90. The van der Waals surface area contributed by atoms with Gasteiger partial charge in [-0.3, -0.25) is 5.41 Å². The number of methoxy groups -OCH3 is 2. The Morgan fingerprint density at radius 2 is 1.65 bits per heavy atom. The molecule has 6 heteroatoms. The number of hydrogen-bond donors (Lipinski definition) is 2. The Morgan fingerprint density at radius 3 is 2.20 bits per heavy atom. The molecule has 0 radical (unpaired) electrons. The summed E-state index contributed by atoms with van der Waals surface area (Å²) >= 11 is 0. The van der Waals surface area contributed by atoms with Crippen LogP contribution < -0.4 is 19.9 Å². The fraction of sp³-hybridized carbons (Fsp3) is 0.143. The summed E-state index contributed by atoms with van der Waals surface area (Å²) < 4.78 is 16.0. The molecule has 1 aromatic heterocycles. The molecule has 104 valence electrons. The van der Waals surface area contributed by atoms with Crippen molar-refractivity contribution in [3.8, 4) is 23.1 Å². The van der Waals surface area contributed by atoms with Gasteiger partial charge in [0.2, 0.25) is 5.88 Å². The van der Waals surface area contributed by atoms with Gasteiger partial charge in [-0.15, -0.1) is 0 Å². The maximum atomic E-state index is 7.39. The molecule has 0 bridgehead atoms. The summed E-state index contributed by atoms with van der Waals surface area (Å²) in [5.74, 6) is 2.05. The molecule has 0 unspecified atom stereocenters. The largest absolute Gasteiger partial charge is 0.496 e. The van der Waals surface area contributed by atoms with Gasteiger partial charge in [-0.1, -0.05) is 0 Å². The van der Waals surface area contributed by atoms with E-state index in [1.54, 1.807) is 44.6 Å². The monoisotopic (exact) mass is 273 g/mol. The summed E-state index contributed by atoms with van der Waals surface area (Å²) in [6, 6.07) is 8.40. The highest BCUT2D eigenvalue weighted by molar-refractivity contribution is 5.95. The van der Waals surface area contributed by atoms with E-state index in [0.29, 0.717) is 28.7 Å². The first kappa shape index (κ1) is 13.7. The number of nitrogen functional groups attached to an aromatic ring is 1. The zero-order chi connectivity index (χ0) is 14.5. The second kappa shape index (κ2) is 5.92. The first-order valence-electron chi connectivity index (χ1n) is 5.83. The Labute approximate surface area is 116 Å². The topological polar surface area (TPSA) is 90.5 Å². The van der Waals surface area contributed by atoms with E-state index in [9.17, 15) is 0 Å². The van der Waals surface area contributed by atoms with E-state index < -0.39 is 0 Å². The van der Waals surface area contributed by atoms with Crippen LogP contribution in [0, 0.1) is 5.41 Å². The Balaban J connectivity index is 2.29. The summed E-state index contributed by atoms with van der Waals surface area (Å²) in [5, 5.41) is 7.39. The minimum atomic E-state index is -0.0412. The standard InChI is InChI=1S/C14H15N3O3/c1-18-10-6-11(19-2)8-12(7-10)20-13-5-9(14(15)16)3-4-17-13/h3-8H,1-2H3,(H3,15,16). The molecule has 1 heterocycles. The fourth-order valence-electron chi connectivity index (χ4n) is 1.59. The molecule has 0 atom stereocenters. The summed E-state index contributed by atoms with van der Waals surface area (Å²) in [6.45, 7) is 0. The van der Waals surface area contributed by atoms with Crippen molar-refractivity contribution in [2.45, 2.75) is 0 Å². The van der Waals surface area contributed by atoms with E-state index in [1.165, 1.54) is 6.20 Å². The summed E-state index contributed by atoms with van der Waals surface area (Å²) in [7, 11) is 3.13. The molecule has 3 N–H and O–H groups in total. The van der Waals surface area contributed by atoms with Gasteiger partial charge in [0, 0.05) is 36.0 Å². The zero-order valence-corrected chi connectivity index (χ0v) is 11.2. The number of aromatic nitrogens is 1. The summed E-state index contributed by atoms with van der Waals surface area (Å²) in [6.07, 6.45) is 1.53. The third-order valence-corrected chi connectivity index (χ3v) is 2.59. The highest BCUT2D eigenvalue weighted by Gasteiger charge is 2.06. The predicted octanol–water partition coefficient (Wildman–Crippen LogP) is 2.18. The molecule has 0 saturated carbocycles. The Bertz CT molecular complexity index is 607. The quantitative estimate of drug-likeness (QED) is 0.643. The fourth-order valence-corrected chi connectivity index (χ4v) is 1.59. The average Bonchev–Trinajstić information content (AvgIpc) is 2.47. The van der Waals surface area contributed by atoms with Crippen LogP contribution in [0.15, 0.2) is 36.5 Å². The first-order valence-corrected chi connectivity index (χ1v) is 5.83. The third-order valence-electron chi connectivity index (χ3n) is 2.59. The Morgan fingerprint density at radius 1 is 1.05 bits per heavy atom. The molecule has 20 heavy (non-hydrogen) atoms. The molecule has 2 rings (SSSR count). The number of ether oxygens (including phenoxy) is 3. The van der Waals surface area contributed by atoms with Crippen LogP contribution in [0.1, 0.15) is 5.56 Å². The minimum Gasteiger partial charge on any atom is -0.496 e. The van der Waals surface area contributed by atoms with Gasteiger partial charge in [0.25, 0.3) is 0 Å². The molecule has 0 fully saturated rings. The molecule has 0 amide bonds. The molecule has 6 nitrogen and oxygen atoms in total. The van der Waals surface area contributed by atoms with Gasteiger partial charge >= 0.3 is 0 Å². The highest BCUT2D eigenvalue weighted by Crippen LogP contribution is 2.30. The highest BCUT2D eigenvalue weighted by atomic mass is 16.5. The number of nitrogens with zero attached hydrogens (tertiary/aromatic N) is 1. The molecule has 1 aromatic carbocycles. The van der Waals surface area contributed by atoms with Gasteiger partial charge in [0.15, 0.2) is 0 Å². The number of nitrogens with two attached hydrogens (primary N) is 1. The zero-order valence-electron chi connectivity index (χ0n) is 11.2. The van der Waals surface area contributed by atoms with Crippen molar-refractivity contribution in [2.24, 2.45) is 5.73 Å². The second-order valence-corrected chi connectivity index (χ2v) is 3.95. The summed E-state index contributed by atoms with van der Waals surface area (Å²) in [4.78, 5) is 4.07. The van der Waals surface area contributed by atoms with Crippen molar-refractivity contribution < 1.29 is 14.2 Å². The Hall–Kier alpha value is -2.76. The van der Waals surface area contributed by atoms with E-state index in [-0.39, 0.29) is 5.84 Å². The first-order chi connectivity index (χ1) is 9.62. The molecule has 0 aliphatic rings. The van der Waals surface area contributed by atoms with Crippen molar-refractivity contribution in [1.29, 1.82) is 5.41 Å². The van der Waals surface area contributed by atoms with Gasteiger partial charge in [0.1, 0.15) is 23.1 Å². The van der Waals surface area contributed by atoms with Crippen LogP contribution in [-0.4, -0.2) is 25.0 Å². The average molecular weight is 273 g/mol. The number of nitrogens with one attached hydrogen (secondary N) is 1. The molecule has 0 aliphatic carbocycles. The van der Waals surface area contributed by atoms with Gasteiger partial charge in [-0.25, -0.2) is 4.98 Å². The van der Waals surface area contributed by atoms with Gasteiger partial charge in [-0.2, -0.15) is 0 Å². The van der Waals surface area contributed by atoms with Crippen LogP contribution in [0.5, 0.6) is 23.1 Å². The number of rotatable bonds is 5. The predicted molar refractivity (Wildman–Crippen MR) is 74.9 cm³/mol. The van der Waals surface area contributed by atoms with Crippen LogP contribution >= 0.6 is 0 Å². The van der Waals surface area contributed by atoms with Crippen LogP contribution in [-0.2, 0) is 0 Å². The molecular weight excluding hydrogens is 258 g/mol. The second-order valence-electron chi connectivity index (χ2n) is 3.95. The molecule has 0 aliphatic heterocycles.